The number of amidine groups is 1. The van der Waals surface area contributed by atoms with Crippen LogP contribution in [-0.4, -0.2) is 53.6 Å². The fourth-order valence-electron chi connectivity index (χ4n) is 4.24. The van der Waals surface area contributed by atoms with Gasteiger partial charge in [-0.2, -0.15) is 0 Å². The van der Waals surface area contributed by atoms with Crippen molar-refractivity contribution in [3.63, 3.8) is 0 Å². The summed E-state index contributed by atoms with van der Waals surface area (Å²) in [6, 6.07) is 12.8. The molecule has 0 unspecified atom stereocenters. The van der Waals surface area contributed by atoms with Crippen molar-refractivity contribution >= 4 is 35.5 Å². The number of carbonyl (C=O) groups is 1. The molecule has 4 rings (SSSR count). The Morgan fingerprint density at radius 2 is 1.88 bits per heavy atom. The van der Waals surface area contributed by atoms with Gasteiger partial charge in [0.15, 0.2) is 0 Å². The van der Waals surface area contributed by atoms with E-state index in [-0.39, 0.29) is 11.4 Å². The zero-order valence-electron chi connectivity index (χ0n) is 19.4. The normalized spacial score (nSPS) is 18.5. The minimum Gasteiger partial charge on any atom is -0.334 e. The maximum absolute atomic E-state index is 12.9. The van der Waals surface area contributed by atoms with Crippen molar-refractivity contribution in [3.05, 3.63) is 70.3 Å². The van der Waals surface area contributed by atoms with Crippen molar-refractivity contribution in [1.82, 2.24) is 15.3 Å². The molecule has 0 bridgehead atoms. The number of hydrogen-bond donors (Lipinski definition) is 2. The number of amides is 1. The molecule has 1 spiro atoms. The SMILES string of the molecule is CN=C1NN(Cc2ccc(C)cc2)C12CN(C(=O)/C=C/c1cc(C)c(C)cc1NSC)C2. The molecule has 0 atom stereocenters. The van der Waals surface area contributed by atoms with Crippen molar-refractivity contribution in [2.45, 2.75) is 32.9 Å². The Balaban J connectivity index is 1.43. The van der Waals surface area contributed by atoms with E-state index >= 15 is 0 Å². The van der Waals surface area contributed by atoms with E-state index in [4.69, 9.17) is 0 Å². The second-order valence-corrected chi connectivity index (χ2v) is 9.26. The van der Waals surface area contributed by atoms with Crippen molar-refractivity contribution in [2.75, 3.05) is 31.1 Å². The minimum absolute atomic E-state index is 0.0293. The molecular formula is C25H31N5OS. The number of anilines is 1. The third-order valence-electron chi connectivity index (χ3n) is 6.38. The smallest absolute Gasteiger partial charge is 0.246 e. The van der Waals surface area contributed by atoms with Gasteiger partial charge in [0.25, 0.3) is 0 Å². The average molecular weight is 450 g/mol. The molecule has 2 aliphatic heterocycles. The Labute approximate surface area is 194 Å². The Morgan fingerprint density at radius 3 is 2.53 bits per heavy atom. The molecule has 0 aromatic heterocycles. The molecule has 2 heterocycles. The lowest BCUT2D eigenvalue weighted by Gasteiger charge is -2.62. The van der Waals surface area contributed by atoms with E-state index in [1.165, 1.54) is 22.3 Å². The third kappa shape index (κ3) is 4.14. The highest BCUT2D eigenvalue weighted by Crippen LogP contribution is 2.35. The molecule has 2 aromatic carbocycles. The molecule has 2 aromatic rings. The maximum atomic E-state index is 12.9. The fourth-order valence-corrected chi connectivity index (χ4v) is 4.64. The van der Waals surface area contributed by atoms with E-state index in [2.05, 4.69) is 77.3 Å². The van der Waals surface area contributed by atoms with Crippen molar-refractivity contribution < 1.29 is 4.79 Å². The molecule has 2 N–H and O–H groups in total. The second kappa shape index (κ2) is 9.00. The standard InChI is InChI=1S/C25H31N5OS/c1-17-6-8-20(9-7-17)14-30-25(24(26-4)27-30)15-29(16-25)23(31)11-10-21-12-18(2)19(3)13-22(21)28-32-5/h6-13,28H,14-16H2,1-5H3,(H,26,27)/b11-10+. The van der Waals surface area contributed by atoms with Gasteiger partial charge < -0.3 is 15.0 Å². The molecule has 0 aliphatic carbocycles. The van der Waals surface area contributed by atoms with Gasteiger partial charge in [0.05, 0.1) is 18.8 Å². The van der Waals surface area contributed by atoms with Crippen LogP contribution in [0.15, 0.2) is 47.5 Å². The van der Waals surface area contributed by atoms with Crippen molar-refractivity contribution in [2.24, 2.45) is 4.99 Å². The molecule has 2 saturated heterocycles. The van der Waals surface area contributed by atoms with Gasteiger partial charge in [-0.25, -0.2) is 5.01 Å². The van der Waals surface area contributed by atoms with Crippen LogP contribution in [0.2, 0.25) is 0 Å². The summed E-state index contributed by atoms with van der Waals surface area (Å²) >= 11 is 1.55. The molecule has 2 fully saturated rings. The number of hydrogen-bond acceptors (Lipinski definition) is 5. The number of carbonyl (C=O) groups excluding carboxylic acids is 1. The summed E-state index contributed by atoms with van der Waals surface area (Å²) in [4.78, 5) is 19.2. The van der Waals surface area contributed by atoms with Crippen LogP contribution in [0.1, 0.15) is 27.8 Å². The van der Waals surface area contributed by atoms with Crippen LogP contribution in [0, 0.1) is 20.8 Å². The largest absolute Gasteiger partial charge is 0.334 e. The average Bonchev–Trinajstić information content (AvgIpc) is 2.72. The van der Waals surface area contributed by atoms with Crippen LogP contribution in [0.3, 0.4) is 0 Å². The highest BCUT2D eigenvalue weighted by Gasteiger charge is 2.59. The number of aryl methyl sites for hydroxylation is 3. The summed E-state index contributed by atoms with van der Waals surface area (Å²) in [7, 11) is 1.80. The van der Waals surface area contributed by atoms with Gasteiger partial charge in [-0.05, 0) is 61.2 Å². The van der Waals surface area contributed by atoms with Gasteiger partial charge in [0.2, 0.25) is 5.91 Å². The predicted octanol–water partition coefficient (Wildman–Crippen LogP) is 3.94. The molecule has 2 aliphatic rings. The Morgan fingerprint density at radius 1 is 1.19 bits per heavy atom. The van der Waals surface area contributed by atoms with Crippen LogP contribution < -0.4 is 10.1 Å². The fraction of sp³-hybridized carbons (Fsp3) is 0.360. The lowest BCUT2D eigenvalue weighted by Crippen LogP contribution is -2.87. The van der Waals surface area contributed by atoms with Gasteiger partial charge in [-0.3, -0.25) is 9.79 Å². The number of likely N-dealkylation sites (tertiary alicyclic amines) is 1. The van der Waals surface area contributed by atoms with Crippen LogP contribution in [0.4, 0.5) is 5.69 Å². The Kier molecular flexibility index (Phi) is 6.31. The number of benzene rings is 2. The number of aliphatic imine (C=N–C) groups is 1. The first kappa shape index (κ1) is 22.4. The lowest BCUT2D eigenvalue weighted by atomic mass is 9.83. The maximum Gasteiger partial charge on any atom is 0.246 e. The Bertz CT molecular complexity index is 1070. The monoisotopic (exact) mass is 449 g/mol. The van der Waals surface area contributed by atoms with Gasteiger partial charge >= 0.3 is 0 Å². The van der Waals surface area contributed by atoms with E-state index < -0.39 is 0 Å². The number of nitrogens with one attached hydrogen (secondary N) is 2. The van der Waals surface area contributed by atoms with Crippen molar-refractivity contribution in [3.8, 4) is 0 Å². The topological polar surface area (TPSA) is 60.0 Å². The predicted molar refractivity (Wildman–Crippen MR) is 135 cm³/mol. The molecule has 6 nitrogen and oxygen atoms in total. The first-order valence-electron chi connectivity index (χ1n) is 10.8. The van der Waals surface area contributed by atoms with Gasteiger partial charge in [-0.1, -0.05) is 41.8 Å². The summed E-state index contributed by atoms with van der Waals surface area (Å²) in [5, 5.41) is 2.21. The van der Waals surface area contributed by atoms with Crippen LogP contribution >= 0.6 is 11.9 Å². The summed E-state index contributed by atoms with van der Waals surface area (Å²) in [6.07, 6.45) is 5.59. The zero-order chi connectivity index (χ0) is 22.9. The lowest BCUT2D eigenvalue weighted by molar-refractivity contribution is -0.143. The van der Waals surface area contributed by atoms with Crippen molar-refractivity contribution in [1.29, 1.82) is 0 Å². The minimum atomic E-state index is -0.199. The summed E-state index contributed by atoms with van der Waals surface area (Å²) in [5.41, 5.74) is 10.1. The van der Waals surface area contributed by atoms with E-state index in [1.54, 1.807) is 25.1 Å². The number of hydrazine groups is 1. The molecule has 32 heavy (non-hydrogen) atoms. The molecule has 7 heteroatoms. The zero-order valence-corrected chi connectivity index (χ0v) is 20.2. The van der Waals surface area contributed by atoms with E-state index in [0.717, 1.165) is 23.6 Å². The first-order chi connectivity index (χ1) is 15.4. The van der Waals surface area contributed by atoms with Gasteiger partial charge in [-0.15, -0.1) is 0 Å². The number of rotatable bonds is 6. The highest BCUT2D eigenvalue weighted by atomic mass is 32.2. The highest BCUT2D eigenvalue weighted by molar-refractivity contribution is 7.99. The summed E-state index contributed by atoms with van der Waals surface area (Å²) < 4.78 is 3.31. The van der Waals surface area contributed by atoms with Crippen LogP contribution in [0.5, 0.6) is 0 Å². The molecule has 168 valence electrons. The van der Waals surface area contributed by atoms with Gasteiger partial charge in [0.1, 0.15) is 11.4 Å². The van der Waals surface area contributed by atoms with E-state index in [9.17, 15) is 4.79 Å². The van der Waals surface area contributed by atoms with Crippen LogP contribution in [0.25, 0.3) is 6.08 Å². The van der Waals surface area contributed by atoms with E-state index in [0.29, 0.717) is 13.1 Å². The van der Waals surface area contributed by atoms with Gasteiger partial charge in [0, 0.05) is 25.9 Å². The summed E-state index contributed by atoms with van der Waals surface area (Å²) in [5.74, 6) is 0.986. The second-order valence-electron chi connectivity index (χ2n) is 8.64. The molecule has 0 saturated carbocycles. The van der Waals surface area contributed by atoms with Crippen LogP contribution in [-0.2, 0) is 11.3 Å². The molecule has 1 amide bonds. The number of nitrogens with zero attached hydrogens (tertiary/aromatic N) is 3. The first-order valence-corrected chi connectivity index (χ1v) is 12.0. The third-order valence-corrected chi connectivity index (χ3v) is 6.81. The van der Waals surface area contributed by atoms with E-state index in [1.807, 2.05) is 17.2 Å². The molecule has 0 radical (unpaired) electrons. The summed E-state index contributed by atoms with van der Waals surface area (Å²) in [6.45, 7) is 8.35. The Hall–Kier alpha value is -2.77. The molecular weight excluding hydrogens is 418 g/mol. The quantitative estimate of drug-likeness (QED) is 0.517.